The quantitative estimate of drug-likeness (QED) is 0.866. The third-order valence-electron chi connectivity index (χ3n) is 3.86. The van der Waals surface area contributed by atoms with Crippen molar-refractivity contribution in [3.05, 3.63) is 28.7 Å². The minimum absolute atomic E-state index is 0.143. The smallest absolute Gasteiger partial charge is 0.408 e. The van der Waals surface area contributed by atoms with E-state index in [1.165, 1.54) is 4.57 Å². The van der Waals surface area contributed by atoms with Gasteiger partial charge in [-0.05, 0) is 43.9 Å². The van der Waals surface area contributed by atoms with Crippen molar-refractivity contribution in [2.45, 2.75) is 37.8 Å². The molecule has 0 amide bonds. The monoisotopic (exact) mass is 262 g/mol. The maximum absolute atomic E-state index is 11.4. The number of fused-ring (bicyclic) bond motifs is 1. The molecule has 1 aliphatic carbocycles. The van der Waals surface area contributed by atoms with Crippen molar-refractivity contribution in [3.63, 3.8) is 0 Å². The van der Waals surface area contributed by atoms with Gasteiger partial charge in [0.15, 0.2) is 5.58 Å². The minimum atomic E-state index is -0.340. The van der Waals surface area contributed by atoms with E-state index in [1.807, 2.05) is 18.2 Å². The summed E-state index contributed by atoms with van der Waals surface area (Å²) in [4.78, 5) is 11.4. The molecule has 1 saturated carbocycles. The van der Waals surface area contributed by atoms with E-state index in [0.717, 1.165) is 36.9 Å². The van der Waals surface area contributed by atoms with Gasteiger partial charge in [0.2, 0.25) is 0 Å². The van der Waals surface area contributed by atoms with Crippen molar-refractivity contribution in [2.24, 2.45) is 7.05 Å². The van der Waals surface area contributed by atoms with Crippen LogP contribution < -0.4 is 11.1 Å². The molecule has 0 spiro atoms. The summed E-state index contributed by atoms with van der Waals surface area (Å²) in [5.74, 6) is -0.340. The van der Waals surface area contributed by atoms with Gasteiger partial charge in [-0.2, -0.15) is 0 Å². The Morgan fingerprint density at radius 1 is 1.32 bits per heavy atom. The topological polar surface area (TPSA) is 67.4 Å². The van der Waals surface area contributed by atoms with E-state index in [0.29, 0.717) is 11.6 Å². The van der Waals surface area contributed by atoms with E-state index in [1.54, 1.807) is 7.05 Å². The van der Waals surface area contributed by atoms with E-state index >= 15 is 0 Å². The number of oxazole rings is 1. The fraction of sp³-hybridized carbons (Fsp3) is 0.500. The van der Waals surface area contributed by atoms with Crippen LogP contribution in [-0.4, -0.2) is 21.8 Å². The number of aliphatic hydroxyl groups is 1. The summed E-state index contributed by atoms with van der Waals surface area (Å²) in [5, 5.41) is 13.0. The Morgan fingerprint density at radius 3 is 2.79 bits per heavy atom. The van der Waals surface area contributed by atoms with Crippen LogP contribution in [0.15, 0.2) is 27.4 Å². The van der Waals surface area contributed by atoms with Gasteiger partial charge in [0, 0.05) is 18.8 Å². The molecule has 0 radical (unpaired) electrons. The lowest BCUT2D eigenvalue weighted by atomic mass is 9.93. The molecule has 3 rings (SSSR count). The second-order valence-corrected chi connectivity index (χ2v) is 5.26. The lowest BCUT2D eigenvalue weighted by Crippen LogP contribution is -2.28. The maximum Gasteiger partial charge on any atom is 0.419 e. The molecular formula is C14H18N2O3. The van der Waals surface area contributed by atoms with Gasteiger partial charge in [-0.3, -0.25) is 4.57 Å². The van der Waals surface area contributed by atoms with E-state index in [2.05, 4.69) is 5.32 Å². The normalized spacial score (nSPS) is 23.7. The minimum Gasteiger partial charge on any atom is -0.408 e. The molecule has 1 heterocycles. The molecule has 5 heteroatoms. The Bertz CT molecular complexity index is 636. The van der Waals surface area contributed by atoms with Gasteiger partial charge in [0.05, 0.1) is 11.6 Å². The molecule has 102 valence electrons. The number of aliphatic hydroxyl groups excluding tert-OH is 1. The molecule has 0 atom stereocenters. The summed E-state index contributed by atoms with van der Waals surface area (Å²) in [6.45, 7) is 0. The van der Waals surface area contributed by atoms with Crippen molar-refractivity contribution in [1.29, 1.82) is 0 Å². The van der Waals surface area contributed by atoms with Gasteiger partial charge < -0.3 is 14.8 Å². The number of hydrogen-bond donors (Lipinski definition) is 2. The molecule has 0 bridgehead atoms. The number of rotatable bonds is 2. The van der Waals surface area contributed by atoms with Crippen LogP contribution in [0.3, 0.4) is 0 Å². The van der Waals surface area contributed by atoms with Crippen molar-refractivity contribution >= 4 is 16.8 Å². The first-order valence-corrected chi connectivity index (χ1v) is 6.67. The van der Waals surface area contributed by atoms with Crippen LogP contribution in [0.25, 0.3) is 11.1 Å². The van der Waals surface area contributed by atoms with Gasteiger partial charge in [0.1, 0.15) is 0 Å². The predicted molar refractivity (Wildman–Crippen MR) is 73.3 cm³/mol. The van der Waals surface area contributed by atoms with E-state index in [4.69, 9.17) is 4.42 Å². The Hall–Kier alpha value is -1.75. The molecule has 0 unspecified atom stereocenters. The molecule has 19 heavy (non-hydrogen) atoms. The van der Waals surface area contributed by atoms with Crippen LogP contribution in [0.1, 0.15) is 25.7 Å². The van der Waals surface area contributed by atoms with E-state index in [-0.39, 0.29) is 11.9 Å². The third kappa shape index (κ3) is 2.38. The van der Waals surface area contributed by atoms with Crippen LogP contribution in [0.2, 0.25) is 0 Å². The predicted octanol–water partition coefficient (Wildman–Crippen LogP) is 1.85. The Kier molecular flexibility index (Phi) is 3.06. The highest BCUT2D eigenvalue weighted by molar-refractivity contribution is 5.77. The molecule has 1 aromatic carbocycles. The number of aryl methyl sites for hydroxylation is 1. The number of anilines is 1. The molecule has 1 fully saturated rings. The fourth-order valence-electron chi connectivity index (χ4n) is 2.67. The highest BCUT2D eigenvalue weighted by Gasteiger charge is 2.19. The summed E-state index contributed by atoms with van der Waals surface area (Å²) < 4.78 is 6.61. The van der Waals surface area contributed by atoms with Gasteiger partial charge in [-0.15, -0.1) is 0 Å². The average molecular weight is 262 g/mol. The zero-order chi connectivity index (χ0) is 13.4. The summed E-state index contributed by atoms with van der Waals surface area (Å²) in [7, 11) is 1.70. The summed E-state index contributed by atoms with van der Waals surface area (Å²) >= 11 is 0. The maximum atomic E-state index is 11.4. The van der Waals surface area contributed by atoms with Crippen molar-refractivity contribution in [2.75, 3.05) is 5.32 Å². The Labute approximate surface area is 110 Å². The fourth-order valence-corrected chi connectivity index (χ4v) is 2.67. The van der Waals surface area contributed by atoms with Gasteiger partial charge >= 0.3 is 5.76 Å². The molecule has 0 aliphatic heterocycles. The highest BCUT2D eigenvalue weighted by atomic mass is 16.4. The first-order valence-electron chi connectivity index (χ1n) is 6.67. The molecular weight excluding hydrogens is 244 g/mol. The number of benzene rings is 1. The number of nitrogens with zero attached hydrogens (tertiary/aromatic N) is 1. The summed E-state index contributed by atoms with van der Waals surface area (Å²) in [5.41, 5.74) is 2.40. The molecule has 2 aromatic rings. The lowest BCUT2D eigenvalue weighted by molar-refractivity contribution is 0.126. The zero-order valence-corrected chi connectivity index (χ0v) is 10.9. The number of nitrogens with one attached hydrogen (secondary N) is 1. The van der Waals surface area contributed by atoms with Crippen molar-refractivity contribution in [3.8, 4) is 0 Å². The van der Waals surface area contributed by atoms with Gasteiger partial charge in [-0.25, -0.2) is 4.79 Å². The van der Waals surface area contributed by atoms with Crippen LogP contribution in [-0.2, 0) is 7.05 Å². The second kappa shape index (κ2) is 4.74. The highest BCUT2D eigenvalue weighted by Crippen LogP contribution is 2.24. The largest absolute Gasteiger partial charge is 0.419 e. The number of aromatic nitrogens is 1. The molecule has 1 aliphatic rings. The number of hydrogen-bond acceptors (Lipinski definition) is 4. The van der Waals surface area contributed by atoms with E-state index in [9.17, 15) is 9.90 Å². The molecule has 0 saturated heterocycles. The van der Waals surface area contributed by atoms with E-state index < -0.39 is 0 Å². The Morgan fingerprint density at radius 2 is 2.05 bits per heavy atom. The average Bonchev–Trinajstić information content (AvgIpc) is 2.69. The summed E-state index contributed by atoms with van der Waals surface area (Å²) in [6, 6.07) is 6.07. The first kappa shape index (κ1) is 12.3. The summed E-state index contributed by atoms with van der Waals surface area (Å²) in [6.07, 6.45) is 3.51. The second-order valence-electron chi connectivity index (χ2n) is 5.26. The molecule has 1 aromatic heterocycles. The van der Waals surface area contributed by atoms with Crippen molar-refractivity contribution in [1.82, 2.24) is 4.57 Å². The van der Waals surface area contributed by atoms with Crippen LogP contribution in [0.4, 0.5) is 5.69 Å². The van der Waals surface area contributed by atoms with Crippen LogP contribution in [0, 0.1) is 0 Å². The van der Waals surface area contributed by atoms with Gasteiger partial charge in [-0.1, -0.05) is 0 Å². The standard InChI is InChI=1S/C14H18N2O3/c1-16-12-8-10(4-7-13(12)19-14(16)18)15-9-2-5-11(17)6-3-9/h4,7-9,11,15,17H,2-3,5-6H2,1H3. The molecule has 5 nitrogen and oxygen atoms in total. The lowest BCUT2D eigenvalue weighted by Gasteiger charge is -2.27. The van der Waals surface area contributed by atoms with Crippen LogP contribution >= 0.6 is 0 Å². The van der Waals surface area contributed by atoms with Crippen LogP contribution in [0.5, 0.6) is 0 Å². The Balaban J connectivity index is 1.81. The van der Waals surface area contributed by atoms with Crippen molar-refractivity contribution < 1.29 is 9.52 Å². The SMILES string of the molecule is Cn1c(=O)oc2ccc(NC3CCC(O)CC3)cc21. The molecule has 2 N–H and O–H groups in total. The first-order chi connectivity index (χ1) is 9.13. The third-order valence-corrected chi connectivity index (χ3v) is 3.86. The van der Waals surface area contributed by atoms with Gasteiger partial charge in [0.25, 0.3) is 0 Å². The zero-order valence-electron chi connectivity index (χ0n) is 10.9.